The topological polar surface area (TPSA) is 15.3 Å². The van der Waals surface area contributed by atoms with Crippen molar-refractivity contribution >= 4 is 5.69 Å². The van der Waals surface area contributed by atoms with E-state index in [4.69, 9.17) is 0 Å². The van der Waals surface area contributed by atoms with Crippen molar-refractivity contribution in [1.29, 1.82) is 0 Å². The Kier molecular flexibility index (Phi) is 5.80. The molecule has 0 aliphatic rings. The van der Waals surface area contributed by atoms with E-state index in [0.717, 1.165) is 19.6 Å². The second kappa shape index (κ2) is 6.90. The number of rotatable bonds is 7. The van der Waals surface area contributed by atoms with E-state index < -0.39 is 0 Å². The first-order chi connectivity index (χ1) is 8.85. The fraction of sp³-hybridized carbons (Fsp3) is 0.625. The van der Waals surface area contributed by atoms with Crippen molar-refractivity contribution in [2.24, 2.45) is 5.41 Å². The molecule has 0 aliphatic carbocycles. The summed E-state index contributed by atoms with van der Waals surface area (Å²) < 4.78 is 13.9. The van der Waals surface area contributed by atoms with Gasteiger partial charge >= 0.3 is 0 Å². The summed E-state index contributed by atoms with van der Waals surface area (Å²) in [6.45, 7) is 13.4. The van der Waals surface area contributed by atoms with Gasteiger partial charge in [0.2, 0.25) is 0 Å². The van der Waals surface area contributed by atoms with Crippen molar-refractivity contribution in [3.8, 4) is 0 Å². The first-order valence-electron chi connectivity index (χ1n) is 7.08. The van der Waals surface area contributed by atoms with E-state index in [9.17, 15) is 4.39 Å². The molecule has 3 heteroatoms. The van der Waals surface area contributed by atoms with Gasteiger partial charge in [-0.05, 0) is 24.5 Å². The number of nitrogens with zero attached hydrogens (tertiary/aromatic N) is 1. The van der Waals surface area contributed by atoms with E-state index in [0.29, 0.717) is 11.7 Å². The molecule has 0 bridgehead atoms. The van der Waals surface area contributed by atoms with Crippen LogP contribution >= 0.6 is 0 Å². The molecule has 0 unspecified atom stereocenters. The molecule has 0 saturated carbocycles. The van der Waals surface area contributed by atoms with Crippen LogP contribution in [0.3, 0.4) is 0 Å². The fourth-order valence-electron chi connectivity index (χ4n) is 2.13. The Morgan fingerprint density at radius 3 is 2.42 bits per heavy atom. The van der Waals surface area contributed by atoms with Crippen LogP contribution in [0.5, 0.6) is 0 Å². The van der Waals surface area contributed by atoms with Gasteiger partial charge in [0, 0.05) is 25.7 Å². The number of hydrogen-bond acceptors (Lipinski definition) is 2. The van der Waals surface area contributed by atoms with Crippen LogP contribution in [0.15, 0.2) is 24.3 Å². The van der Waals surface area contributed by atoms with Crippen molar-refractivity contribution < 1.29 is 4.39 Å². The Labute approximate surface area is 117 Å². The Bertz CT molecular complexity index is 388. The molecular weight excluding hydrogens is 239 g/mol. The summed E-state index contributed by atoms with van der Waals surface area (Å²) in [5.74, 6) is -0.142. The molecule has 0 spiro atoms. The van der Waals surface area contributed by atoms with Gasteiger partial charge in [0.05, 0.1) is 5.69 Å². The highest BCUT2D eigenvalue weighted by atomic mass is 19.1. The Morgan fingerprint density at radius 2 is 1.89 bits per heavy atom. The second-order valence-corrected chi connectivity index (χ2v) is 6.17. The van der Waals surface area contributed by atoms with E-state index in [1.54, 1.807) is 6.07 Å². The first kappa shape index (κ1) is 16.0. The van der Waals surface area contributed by atoms with Crippen LogP contribution in [-0.4, -0.2) is 25.7 Å². The van der Waals surface area contributed by atoms with Crippen molar-refractivity contribution in [3.63, 3.8) is 0 Å². The molecule has 2 nitrogen and oxygen atoms in total. The highest BCUT2D eigenvalue weighted by Gasteiger charge is 2.22. The lowest BCUT2D eigenvalue weighted by Gasteiger charge is -2.34. The number of anilines is 1. The number of benzene rings is 1. The van der Waals surface area contributed by atoms with E-state index in [1.165, 1.54) is 6.07 Å². The predicted molar refractivity (Wildman–Crippen MR) is 81.2 cm³/mol. The largest absolute Gasteiger partial charge is 0.369 e. The molecule has 0 amide bonds. The molecule has 0 fully saturated rings. The summed E-state index contributed by atoms with van der Waals surface area (Å²) in [5.41, 5.74) is 0.797. The second-order valence-electron chi connectivity index (χ2n) is 6.17. The van der Waals surface area contributed by atoms with Gasteiger partial charge in [-0.15, -0.1) is 0 Å². The van der Waals surface area contributed by atoms with Crippen LogP contribution in [0.25, 0.3) is 0 Å². The normalized spacial score (nSPS) is 11.9. The maximum absolute atomic E-state index is 13.9. The van der Waals surface area contributed by atoms with Gasteiger partial charge in [-0.2, -0.15) is 0 Å². The monoisotopic (exact) mass is 266 g/mol. The average Bonchev–Trinajstić information content (AvgIpc) is 2.35. The van der Waals surface area contributed by atoms with Gasteiger partial charge in [0.15, 0.2) is 0 Å². The highest BCUT2D eigenvalue weighted by molar-refractivity contribution is 5.47. The summed E-state index contributed by atoms with van der Waals surface area (Å²) in [5, 5.41) is 3.46. The molecule has 1 aromatic rings. The number of halogens is 1. The maximum atomic E-state index is 13.9. The van der Waals surface area contributed by atoms with Crippen LogP contribution in [0.4, 0.5) is 10.1 Å². The van der Waals surface area contributed by atoms with Crippen LogP contribution in [0, 0.1) is 11.2 Å². The maximum Gasteiger partial charge on any atom is 0.146 e. The zero-order valence-corrected chi connectivity index (χ0v) is 12.8. The SMILES string of the molecule is CCN(CC(C)(C)CNC(C)C)c1ccccc1F. The summed E-state index contributed by atoms with van der Waals surface area (Å²) >= 11 is 0. The Balaban J connectivity index is 2.74. The third kappa shape index (κ3) is 5.19. The molecule has 108 valence electrons. The van der Waals surface area contributed by atoms with E-state index >= 15 is 0 Å². The molecule has 1 aromatic carbocycles. The zero-order chi connectivity index (χ0) is 14.5. The molecule has 1 N–H and O–H groups in total. The Morgan fingerprint density at radius 1 is 1.26 bits per heavy atom. The molecule has 0 radical (unpaired) electrons. The third-order valence-electron chi connectivity index (χ3n) is 3.18. The van der Waals surface area contributed by atoms with Gasteiger partial charge in [-0.1, -0.05) is 39.8 Å². The summed E-state index contributed by atoms with van der Waals surface area (Å²) in [6, 6.07) is 7.48. The predicted octanol–water partition coefficient (Wildman–Crippen LogP) is 3.68. The number of para-hydroxylation sites is 1. The van der Waals surface area contributed by atoms with Gasteiger partial charge in [0.25, 0.3) is 0 Å². The lowest BCUT2D eigenvalue weighted by molar-refractivity contribution is 0.329. The Hall–Kier alpha value is -1.09. The molecule has 19 heavy (non-hydrogen) atoms. The third-order valence-corrected chi connectivity index (χ3v) is 3.18. The lowest BCUT2D eigenvalue weighted by Crippen LogP contribution is -2.42. The molecule has 0 saturated heterocycles. The minimum atomic E-state index is -0.142. The van der Waals surface area contributed by atoms with E-state index in [-0.39, 0.29) is 11.2 Å². The van der Waals surface area contributed by atoms with Crippen molar-refractivity contribution in [3.05, 3.63) is 30.1 Å². The molecule has 0 aliphatic heterocycles. The van der Waals surface area contributed by atoms with Gasteiger partial charge in [-0.25, -0.2) is 4.39 Å². The van der Waals surface area contributed by atoms with E-state index in [2.05, 4.69) is 44.8 Å². The van der Waals surface area contributed by atoms with Crippen LogP contribution < -0.4 is 10.2 Å². The summed E-state index contributed by atoms with van der Waals surface area (Å²) in [6.07, 6.45) is 0. The highest BCUT2D eigenvalue weighted by Crippen LogP contribution is 2.24. The quantitative estimate of drug-likeness (QED) is 0.810. The van der Waals surface area contributed by atoms with Crippen molar-refractivity contribution in [1.82, 2.24) is 5.32 Å². The summed E-state index contributed by atoms with van der Waals surface area (Å²) in [7, 11) is 0. The minimum absolute atomic E-state index is 0.0998. The number of hydrogen-bond donors (Lipinski definition) is 1. The molecule has 0 aromatic heterocycles. The first-order valence-corrected chi connectivity index (χ1v) is 7.08. The molecular formula is C16H27FN2. The average molecular weight is 266 g/mol. The standard InChI is InChI=1S/C16H27FN2/c1-6-19(15-10-8-7-9-14(15)17)12-16(4,5)11-18-13(2)3/h7-10,13,18H,6,11-12H2,1-5H3. The zero-order valence-electron chi connectivity index (χ0n) is 12.8. The smallest absolute Gasteiger partial charge is 0.146 e. The lowest BCUT2D eigenvalue weighted by atomic mass is 9.92. The molecule has 0 heterocycles. The van der Waals surface area contributed by atoms with Gasteiger partial charge < -0.3 is 10.2 Å². The summed E-state index contributed by atoms with van der Waals surface area (Å²) in [4.78, 5) is 2.11. The van der Waals surface area contributed by atoms with Crippen molar-refractivity contribution in [2.45, 2.75) is 40.7 Å². The van der Waals surface area contributed by atoms with Crippen LogP contribution in [0.1, 0.15) is 34.6 Å². The van der Waals surface area contributed by atoms with E-state index in [1.807, 2.05) is 12.1 Å². The van der Waals surface area contributed by atoms with Gasteiger partial charge in [0.1, 0.15) is 5.82 Å². The number of nitrogens with one attached hydrogen (secondary N) is 1. The van der Waals surface area contributed by atoms with Crippen molar-refractivity contribution in [2.75, 3.05) is 24.5 Å². The fourth-order valence-corrected chi connectivity index (χ4v) is 2.13. The van der Waals surface area contributed by atoms with Crippen LogP contribution in [-0.2, 0) is 0 Å². The minimum Gasteiger partial charge on any atom is -0.369 e. The van der Waals surface area contributed by atoms with Gasteiger partial charge in [-0.3, -0.25) is 0 Å². The molecule has 0 atom stereocenters. The molecule has 1 rings (SSSR count). The van der Waals surface area contributed by atoms with Crippen LogP contribution in [0.2, 0.25) is 0 Å².